The third-order valence-electron chi connectivity index (χ3n) is 3.09. The summed E-state index contributed by atoms with van der Waals surface area (Å²) < 4.78 is 2.39. The molecule has 0 aliphatic rings. The van der Waals surface area contributed by atoms with Crippen LogP contribution < -0.4 is 0 Å². The van der Waals surface area contributed by atoms with Crippen LogP contribution in [-0.4, -0.2) is 33.5 Å². The van der Waals surface area contributed by atoms with E-state index in [1.165, 1.54) is 10.6 Å². The molecule has 0 spiro atoms. The number of carboxylic acids is 1. The molecule has 6 heteroatoms. The summed E-state index contributed by atoms with van der Waals surface area (Å²) >= 11 is 3.39. The molecular formula is C15H15BrN2O3. The number of aromatic nitrogens is 1. The standard InChI is InChI=1S/C15H15BrN2O3/c1-17(9-11-4-2-5-12(16)8-11)14(19)10-18-7-3-6-13(18)15(20)21/h2-8H,9-10H2,1H3,(H,20,21). The summed E-state index contributed by atoms with van der Waals surface area (Å²) in [5.41, 5.74) is 1.12. The SMILES string of the molecule is CN(Cc1cccc(Br)c1)C(=O)Cn1cccc1C(=O)O. The minimum absolute atomic E-state index is 0.0130. The molecule has 1 heterocycles. The van der Waals surface area contributed by atoms with E-state index in [2.05, 4.69) is 15.9 Å². The second kappa shape index (κ2) is 6.58. The summed E-state index contributed by atoms with van der Waals surface area (Å²) in [4.78, 5) is 24.8. The number of carboxylic acid groups (broad SMARTS) is 1. The highest BCUT2D eigenvalue weighted by Gasteiger charge is 2.14. The molecule has 1 aromatic carbocycles. The Morgan fingerprint density at radius 2 is 2.05 bits per heavy atom. The minimum Gasteiger partial charge on any atom is -0.477 e. The van der Waals surface area contributed by atoms with Gasteiger partial charge in [0.2, 0.25) is 5.91 Å². The number of carbonyl (C=O) groups excluding carboxylic acids is 1. The maximum atomic E-state index is 12.2. The largest absolute Gasteiger partial charge is 0.477 e. The molecule has 0 saturated carbocycles. The van der Waals surface area contributed by atoms with E-state index in [-0.39, 0.29) is 18.1 Å². The highest BCUT2D eigenvalue weighted by molar-refractivity contribution is 9.10. The first-order valence-electron chi connectivity index (χ1n) is 6.34. The van der Waals surface area contributed by atoms with Gasteiger partial charge in [0.1, 0.15) is 12.2 Å². The molecule has 0 aliphatic heterocycles. The van der Waals surface area contributed by atoms with Crippen LogP contribution in [0, 0.1) is 0 Å². The van der Waals surface area contributed by atoms with E-state index in [9.17, 15) is 9.59 Å². The average molecular weight is 351 g/mol. The van der Waals surface area contributed by atoms with Crippen LogP contribution in [0.4, 0.5) is 0 Å². The lowest BCUT2D eigenvalue weighted by atomic mass is 10.2. The van der Waals surface area contributed by atoms with E-state index in [0.717, 1.165) is 10.0 Å². The molecule has 110 valence electrons. The number of carbonyl (C=O) groups is 2. The normalized spacial score (nSPS) is 10.4. The van der Waals surface area contributed by atoms with Crippen molar-refractivity contribution in [2.24, 2.45) is 0 Å². The van der Waals surface area contributed by atoms with Gasteiger partial charge in [-0.05, 0) is 29.8 Å². The second-order valence-electron chi connectivity index (χ2n) is 4.71. The Kier molecular flexibility index (Phi) is 4.80. The van der Waals surface area contributed by atoms with Gasteiger partial charge in [-0.1, -0.05) is 28.1 Å². The molecule has 0 aliphatic carbocycles. The summed E-state index contributed by atoms with van der Waals surface area (Å²) in [6, 6.07) is 10.8. The second-order valence-corrected chi connectivity index (χ2v) is 5.62. The van der Waals surface area contributed by atoms with Crippen LogP contribution in [-0.2, 0) is 17.9 Å². The van der Waals surface area contributed by atoms with Crippen molar-refractivity contribution in [3.05, 3.63) is 58.3 Å². The van der Waals surface area contributed by atoms with Gasteiger partial charge in [0.15, 0.2) is 0 Å². The van der Waals surface area contributed by atoms with Gasteiger partial charge in [-0.3, -0.25) is 4.79 Å². The molecule has 1 amide bonds. The van der Waals surface area contributed by atoms with E-state index in [4.69, 9.17) is 5.11 Å². The van der Waals surface area contributed by atoms with Gasteiger partial charge in [0.25, 0.3) is 0 Å². The number of nitrogens with zero attached hydrogens (tertiary/aromatic N) is 2. The third-order valence-corrected chi connectivity index (χ3v) is 3.58. The lowest BCUT2D eigenvalue weighted by Gasteiger charge is -2.18. The van der Waals surface area contributed by atoms with E-state index < -0.39 is 5.97 Å². The number of halogens is 1. The fourth-order valence-corrected chi connectivity index (χ4v) is 2.46. The van der Waals surface area contributed by atoms with Crippen LogP contribution in [0.2, 0.25) is 0 Å². The zero-order valence-electron chi connectivity index (χ0n) is 11.5. The van der Waals surface area contributed by atoms with Gasteiger partial charge in [-0.25, -0.2) is 4.79 Å². The first kappa shape index (κ1) is 15.3. The Balaban J connectivity index is 2.03. The number of amides is 1. The Hall–Kier alpha value is -2.08. The monoisotopic (exact) mass is 350 g/mol. The van der Waals surface area contributed by atoms with Gasteiger partial charge < -0.3 is 14.6 Å². The number of likely N-dealkylation sites (N-methyl/N-ethyl adjacent to an activating group) is 1. The maximum absolute atomic E-state index is 12.2. The smallest absolute Gasteiger partial charge is 0.352 e. The van der Waals surface area contributed by atoms with E-state index in [0.29, 0.717) is 6.54 Å². The first-order chi connectivity index (χ1) is 9.97. The quantitative estimate of drug-likeness (QED) is 0.901. The summed E-state index contributed by atoms with van der Waals surface area (Å²) in [7, 11) is 1.70. The number of hydrogen-bond donors (Lipinski definition) is 1. The van der Waals surface area contributed by atoms with Crippen LogP contribution in [0.15, 0.2) is 47.1 Å². The summed E-state index contributed by atoms with van der Waals surface area (Å²) in [5.74, 6) is -1.18. The Labute approximate surface area is 130 Å². The Bertz CT molecular complexity index is 666. The third kappa shape index (κ3) is 3.95. The molecule has 1 N–H and O–H groups in total. The fourth-order valence-electron chi connectivity index (χ4n) is 2.01. The molecule has 2 rings (SSSR count). The Morgan fingerprint density at radius 3 is 2.71 bits per heavy atom. The topological polar surface area (TPSA) is 62.5 Å². The van der Waals surface area contributed by atoms with E-state index in [1.54, 1.807) is 24.2 Å². The predicted octanol–water partition coefficient (Wildman–Crippen LogP) is 2.61. The summed E-state index contributed by atoms with van der Waals surface area (Å²) in [6.45, 7) is 0.487. The number of rotatable bonds is 5. The van der Waals surface area contributed by atoms with Crippen molar-refractivity contribution < 1.29 is 14.7 Å². The van der Waals surface area contributed by atoms with Crippen LogP contribution >= 0.6 is 15.9 Å². The van der Waals surface area contributed by atoms with Gasteiger partial charge in [-0.2, -0.15) is 0 Å². The van der Waals surface area contributed by atoms with Crippen molar-refractivity contribution in [1.82, 2.24) is 9.47 Å². The highest BCUT2D eigenvalue weighted by Crippen LogP contribution is 2.13. The maximum Gasteiger partial charge on any atom is 0.352 e. The van der Waals surface area contributed by atoms with Crippen molar-refractivity contribution >= 4 is 27.8 Å². The molecule has 2 aromatic rings. The molecule has 5 nitrogen and oxygen atoms in total. The molecule has 0 bridgehead atoms. The molecule has 21 heavy (non-hydrogen) atoms. The number of benzene rings is 1. The van der Waals surface area contributed by atoms with Crippen molar-refractivity contribution in [2.75, 3.05) is 7.05 Å². The van der Waals surface area contributed by atoms with E-state index in [1.807, 2.05) is 24.3 Å². The van der Waals surface area contributed by atoms with Crippen LogP contribution in [0.3, 0.4) is 0 Å². The van der Waals surface area contributed by atoms with Gasteiger partial charge in [0, 0.05) is 24.3 Å². The molecule has 0 atom stereocenters. The molecule has 0 unspecified atom stereocenters. The van der Waals surface area contributed by atoms with Gasteiger partial charge in [0.05, 0.1) is 0 Å². The molecule has 0 radical (unpaired) electrons. The lowest BCUT2D eigenvalue weighted by molar-refractivity contribution is -0.131. The zero-order chi connectivity index (χ0) is 15.4. The van der Waals surface area contributed by atoms with Crippen LogP contribution in [0.5, 0.6) is 0 Å². The summed E-state index contributed by atoms with van der Waals surface area (Å²) in [5, 5.41) is 9.02. The van der Waals surface area contributed by atoms with Crippen LogP contribution in [0.25, 0.3) is 0 Å². The highest BCUT2D eigenvalue weighted by atomic mass is 79.9. The van der Waals surface area contributed by atoms with Crippen molar-refractivity contribution in [2.45, 2.75) is 13.1 Å². The molecule has 1 aromatic heterocycles. The summed E-state index contributed by atoms with van der Waals surface area (Å²) in [6.07, 6.45) is 1.59. The lowest BCUT2D eigenvalue weighted by Crippen LogP contribution is -2.30. The van der Waals surface area contributed by atoms with E-state index >= 15 is 0 Å². The Morgan fingerprint density at radius 1 is 1.29 bits per heavy atom. The van der Waals surface area contributed by atoms with Crippen molar-refractivity contribution in [3.8, 4) is 0 Å². The van der Waals surface area contributed by atoms with Crippen molar-refractivity contribution in [3.63, 3.8) is 0 Å². The predicted molar refractivity (Wildman–Crippen MR) is 82.0 cm³/mol. The number of hydrogen-bond acceptors (Lipinski definition) is 2. The minimum atomic E-state index is -1.04. The van der Waals surface area contributed by atoms with Gasteiger partial charge >= 0.3 is 5.97 Å². The average Bonchev–Trinajstić information content (AvgIpc) is 2.87. The number of aromatic carboxylic acids is 1. The van der Waals surface area contributed by atoms with Crippen LogP contribution in [0.1, 0.15) is 16.1 Å². The molecular weight excluding hydrogens is 336 g/mol. The fraction of sp³-hybridized carbons (Fsp3) is 0.200. The van der Waals surface area contributed by atoms with Gasteiger partial charge in [-0.15, -0.1) is 0 Å². The molecule has 0 saturated heterocycles. The van der Waals surface area contributed by atoms with Crippen molar-refractivity contribution in [1.29, 1.82) is 0 Å². The molecule has 0 fully saturated rings. The first-order valence-corrected chi connectivity index (χ1v) is 7.13. The zero-order valence-corrected chi connectivity index (χ0v) is 13.1.